The molecule has 0 spiro atoms. The number of hydrogen-bond acceptors (Lipinski definition) is 3. The molecule has 4 rings (SSSR count). The summed E-state index contributed by atoms with van der Waals surface area (Å²) in [7, 11) is 0. The summed E-state index contributed by atoms with van der Waals surface area (Å²) in [6.07, 6.45) is 2.86. The molecule has 4 nitrogen and oxygen atoms in total. The highest BCUT2D eigenvalue weighted by molar-refractivity contribution is 6.03. The first-order valence-corrected chi connectivity index (χ1v) is 7.36. The zero-order valence-corrected chi connectivity index (χ0v) is 11.6. The summed E-state index contributed by atoms with van der Waals surface area (Å²) in [5.41, 5.74) is 0.878. The fraction of sp³-hybridized carbons (Fsp3) is 0.294. The first kappa shape index (κ1) is 12.5. The van der Waals surface area contributed by atoms with E-state index >= 15 is 0 Å². The molecule has 3 unspecified atom stereocenters. The van der Waals surface area contributed by atoms with Crippen molar-refractivity contribution in [1.82, 2.24) is 5.32 Å². The number of nitrogens with zero attached hydrogens (tertiary/aromatic N) is 1. The number of hydrogen-bond donors (Lipinski definition) is 2. The lowest BCUT2D eigenvalue weighted by Crippen LogP contribution is -2.32. The number of amides is 1. The minimum Gasteiger partial charge on any atom is -0.325 e. The second kappa shape index (κ2) is 4.97. The first-order chi connectivity index (χ1) is 10.3. The van der Waals surface area contributed by atoms with Gasteiger partial charge in [-0.25, -0.2) is 0 Å². The highest BCUT2D eigenvalue weighted by Gasteiger charge is 2.41. The Morgan fingerprint density at radius 2 is 2.05 bits per heavy atom. The van der Waals surface area contributed by atoms with Gasteiger partial charge in [-0.2, -0.15) is 0 Å². The molecular weight excluding hydrogens is 262 g/mol. The lowest BCUT2D eigenvalue weighted by atomic mass is 9.98. The lowest BCUT2D eigenvalue weighted by molar-refractivity contribution is -0.119. The van der Waals surface area contributed by atoms with Gasteiger partial charge in [-0.15, -0.1) is 0 Å². The number of benzene rings is 2. The third kappa shape index (κ3) is 2.12. The van der Waals surface area contributed by atoms with E-state index in [9.17, 15) is 4.79 Å². The molecule has 2 aliphatic rings. The molecule has 2 aromatic rings. The Bertz CT molecular complexity index is 720. The third-order valence-electron chi connectivity index (χ3n) is 4.45. The van der Waals surface area contributed by atoms with Gasteiger partial charge in [-0.3, -0.25) is 9.79 Å². The van der Waals surface area contributed by atoms with Crippen molar-refractivity contribution in [2.24, 2.45) is 10.9 Å². The maximum atomic E-state index is 12.6. The maximum absolute atomic E-state index is 12.6. The number of rotatable bonds is 2. The van der Waals surface area contributed by atoms with E-state index in [2.05, 4.69) is 27.8 Å². The van der Waals surface area contributed by atoms with Gasteiger partial charge in [-0.05, 0) is 17.9 Å². The largest absolute Gasteiger partial charge is 0.325 e. The molecule has 2 N–H and O–H groups in total. The Balaban J connectivity index is 1.60. The minimum atomic E-state index is -0.0762. The Hall–Kier alpha value is -2.20. The highest BCUT2D eigenvalue weighted by atomic mass is 16.2. The van der Waals surface area contributed by atoms with Crippen LogP contribution in [-0.2, 0) is 4.79 Å². The monoisotopic (exact) mass is 279 g/mol. The molecule has 0 bridgehead atoms. The van der Waals surface area contributed by atoms with E-state index < -0.39 is 0 Å². The molecule has 2 heterocycles. The summed E-state index contributed by atoms with van der Waals surface area (Å²) in [6.45, 7) is 0.712. The molecule has 0 radical (unpaired) electrons. The standard InChI is InChI=1S/C17H17N3O/c21-17(13-10-19-15-8-9-18-16(13)15)20-14-7-3-5-11-4-1-2-6-12(11)14/h1-7,9,13,15-16,19H,8,10H2,(H,20,21). The molecule has 1 amide bonds. The highest BCUT2D eigenvalue weighted by Crippen LogP contribution is 2.28. The Morgan fingerprint density at radius 1 is 1.19 bits per heavy atom. The average molecular weight is 279 g/mol. The second-order valence-corrected chi connectivity index (χ2v) is 5.70. The summed E-state index contributed by atoms with van der Waals surface area (Å²) in [6, 6.07) is 14.5. The molecule has 3 atom stereocenters. The van der Waals surface area contributed by atoms with Crippen molar-refractivity contribution in [3.63, 3.8) is 0 Å². The number of carbonyl (C=O) groups is 1. The van der Waals surface area contributed by atoms with E-state index in [0.29, 0.717) is 12.6 Å². The smallest absolute Gasteiger partial charge is 0.231 e. The topological polar surface area (TPSA) is 53.5 Å². The van der Waals surface area contributed by atoms with Crippen molar-refractivity contribution in [2.75, 3.05) is 11.9 Å². The third-order valence-corrected chi connectivity index (χ3v) is 4.45. The van der Waals surface area contributed by atoms with Crippen LogP contribution in [0.5, 0.6) is 0 Å². The number of aliphatic imine (C=N–C) groups is 1. The molecule has 0 aliphatic carbocycles. The quantitative estimate of drug-likeness (QED) is 0.885. The molecule has 21 heavy (non-hydrogen) atoms. The van der Waals surface area contributed by atoms with Crippen molar-refractivity contribution in [3.8, 4) is 0 Å². The number of nitrogens with one attached hydrogen (secondary N) is 2. The Kier molecular flexibility index (Phi) is 2.97. The van der Waals surface area contributed by atoms with Crippen LogP contribution in [0.3, 0.4) is 0 Å². The van der Waals surface area contributed by atoms with Gasteiger partial charge in [0, 0.05) is 29.9 Å². The number of carbonyl (C=O) groups excluding carboxylic acids is 1. The predicted molar refractivity (Wildman–Crippen MR) is 84.8 cm³/mol. The van der Waals surface area contributed by atoms with Crippen molar-refractivity contribution in [3.05, 3.63) is 42.5 Å². The zero-order valence-electron chi connectivity index (χ0n) is 11.6. The summed E-state index contributed by atoms with van der Waals surface area (Å²) in [5, 5.41) is 8.68. The summed E-state index contributed by atoms with van der Waals surface area (Å²) >= 11 is 0. The van der Waals surface area contributed by atoms with Crippen molar-refractivity contribution < 1.29 is 4.79 Å². The van der Waals surface area contributed by atoms with Crippen LogP contribution in [0.15, 0.2) is 47.5 Å². The molecular formula is C17H17N3O. The second-order valence-electron chi connectivity index (χ2n) is 5.70. The van der Waals surface area contributed by atoms with Crippen LogP contribution in [0.4, 0.5) is 5.69 Å². The van der Waals surface area contributed by atoms with Crippen LogP contribution in [0.2, 0.25) is 0 Å². The van der Waals surface area contributed by atoms with Crippen molar-refractivity contribution in [2.45, 2.75) is 18.5 Å². The van der Waals surface area contributed by atoms with Gasteiger partial charge in [0.1, 0.15) is 0 Å². The Labute approximate surface area is 123 Å². The number of fused-ring (bicyclic) bond motifs is 2. The van der Waals surface area contributed by atoms with Crippen LogP contribution in [0.25, 0.3) is 10.8 Å². The van der Waals surface area contributed by atoms with Gasteiger partial charge in [0.15, 0.2) is 0 Å². The fourth-order valence-corrected chi connectivity index (χ4v) is 3.33. The molecule has 0 aromatic heterocycles. The van der Waals surface area contributed by atoms with Gasteiger partial charge in [0.25, 0.3) is 0 Å². The lowest BCUT2D eigenvalue weighted by Gasteiger charge is -2.16. The number of anilines is 1. The van der Waals surface area contributed by atoms with Crippen LogP contribution in [0.1, 0.15) is 6.42 Å². The molecule has 106 valence electrons. The average Bonchev–Trinajstić information content (AvgIpc) is 3.10. The zero-order chi connectivity index (χ0) is 14.2. The van der Waals surface area contributed by atoms with Crippen LogP contribution in [-0.4, -0.2) is 30.8 Å². The van der Waals surface area contributed by atoms with Crippen LogP contribution >= 0.6 is 0 Å². The van der Waals surface area contributed by atoms with Crippen LogP contribution in [0, 0.1) is 5.92 Å². The molecule has 1 saturated heterocycles. The van der Waals surface area contributed by atoms with Gasteiger partial charge in [-0.1, -0.05) is 36.4 Å². The van der Waals surface area contributed by atoms with Crippen molar-refractivity contribution >= 4 is 28.6 Å². The van der Waals surface area contributed by atoms with Gasteiger partial charge in [0.05, 0.1) is 12.0 Å². The van der Waals surface area contributed by atoms with Crippen molar-refractivity contribution in [1.29, 1.82) is 0 Å². The molecule has 2 aromatic carbocycles. The van der Waals surface area contributed by atoms with Gasteiger partial charge >= 0.3 is 0 Å². The van der Waals surface area contributed by atoms with E-state index in [1.165, 1.54) is 0 Å². The SMILES string of the molecule is O=C(Nc1cccc2ccccc12)C1CNC2CC=NC21. The maximum Gasteiger partial charge on any atom is 0.231 e. The molecule has 1 fully saturated rings. The summed E-state index contributed by atoms with van der Waals surface area (Å²) in [4.78, 5) is 17.0. The molecule has 2 aliphatic heterocycles. The van der Waals surface area contributed by atoms with E-state index in [0.717, 1.165) is 22.9 Å². The predicted octanol–water partition coefficient (Wildman–Crippen LogP) is 2.21. The summed E-state index contributed by atoms with van der Waals surface area (Å²) in [5.74, 6) is -0.0156. The van der Waals surface area contributed by atoms with E-state index in [4.69, 9.17) is 0 Å². The molecule has 4 heteroatoms. The normalized spacial score (nSPS) is 27.0. The molecule has 0 saturated carbocycles. The van der Waals surface area contributed by atoms with Gasteiger partial charge in [0.2, 0.25) is 5.91 Å². The van der Waals surface area contributed by atoms with E-state index in [1.54, 1.807) is 0 Å². The Morgan fingerprint density at radius 3 is 3.00 bits per heavy atom. The minimum absolute atomic E-state index is 0.0606. The van der Waals surface area contributed by atoms with E-state index in [-0.39, 0.29) is 17.9 Å². The first-order valence-electron chi connectivity index (χ1n) is 7.36. The fourth-order valence-electron chi connectivity index (χ4n) is 3.33. The van der Waals surface area contributed by atoms with Crippen LogP contribution < -0.4 is 10.6 Å². The summed E-state index contributed by atoms with van der Waals surface area (Å²) < 4.78 is 0. The van der Waals surface area contributed by atoms with E-state index in [1.807, 2.05) is 36.5 Å². The van der Waals surface area contributed by atoms with Gasteiger partial charge < -0.3 is 10.6 Å².